The molecule has 6 aromatic carbocycles. The molecule has 0 aliphatic carbocycles. The number of hydrogen-bond donors (Lipinski definition) is 6. The highest BCUT2D eigenvalue weighted by atomic mass is 16.3. The van der Waals surface area contributed by atoms with Crippen LogP contribution in [0.2, 0.25) is 0 Å². The molecule has 0 spiro atoms. The summed E-state index contributed by atoms with van der Waals surface area (Å²) in [4.78, 5) is 55.3. The zero-order valence-corrected chi connectivity index (χ0v) is 35.2. The van der Waals surface area contributed by atoms with Crippen molar-refractivity contribution in [3.63, 3.8) is 0 Å². The van der Waals surface area contributed by atoms with Crippen molar-refractivity contribution in [1.29, 1.82) is 0 Å². The van der Waals surface area contributed by atoms with Crippen molar-refractivity contribution < 1.29 is 29.4 Å². The number of anilines is 2. The maximum absolute atomic E-state index is 13.0. The van der Waals surface area contributed by atoms with E-state index in [0.717, 1.165) is 0 Å². The molecule has 0 saturated carbocycles. The lowest BCUT2D eigenvalue weighted by atomic mass is 10.0. The highest BCUT2D eigenvalue weighted by Crippen LogP contribution is 2.42. The number of aldehydes is 1. The van der Waals surface area contributed by atoms with Gasteiger partial charge in [-0.1, -0.05) is 66.7 Å². The second-order valence-corrected chi connectivity index (χ2v) is 14.3. The van der Waals surface area contributed by atoms with E-state index in [0.29, 0.717) is 50.7 Å². The summed E-state index contributed by atoms with van der Waals surface area (Å²) in [6.07, 6.45) is 4.91. The average molecular weight is 903 g/mol. The van der Waals surface area contributed by atoms with Gasteiger partial charge in [0.25, 0.3) is 17.5 Å². The Morgan fingerprint density at radius 1 is 0.647 bits per heavy atom. The number of aromatic hydroxyl groups is 2. The summed E-state index contributed by atoms with van der Waals surface area (Å²) in [5.74, 6) is -1.50. The first-order valence-corrected chi connectivity index (χ1v) is 20.1. The van der Waals surface area contributed by atoms with Crippen LogP contribution in [0.1, 0.15) is 31.1 Å². The summed E-state index contributed by atoms with van der Waals surface area (Å²) in [6, 6.07) is 37.3. The maximum Gasteiger partial charge on any atom is 0.316 e. The summed E-state index contributed by atoms with van der Waals surface area (Å²) in [7, 11) is 0. The van der Waals surface area contributed by atoms with Gasteiger partial charge >= 0.3 is 6.03 Å². The lowest BCUT2D eigenvalue weighted by Gasteiger charge is -2.11. The molecule has 20 heteroatoms. The molecule has 0 bridgehead atoms. The Kier molecular flexibility index (Phi) is 12.7. The summed E-state index contributed by atoms with van der Waals surface area (Å²) in [6.45, 7) is 7.38. The van der Waals surface area contributed by atoms with Crippen molar-refractivity contribution in [3.8, 4) is 23.0 Å². The number of benzene rings is 6. The van der Waals surface area contributed by atoms with Crippen molar-refractivity contribution >= 4 is 85.7 Å². The number of fused-ring (bicyclic) bond motifs is 2. The number of hydrogen-bond acceptors (Lipinski definition) is 13. The fourth-order valence-electron chi connectivity index (χ4n) is 6.84. The van der Waals surface area contributed by atoms with E-state index in [1.165, 1.54) is 40.0 Å². The van der Waals surface area contributed by atoms with Crippen LogP contribution in [-0.2, 0) is 0 Å². The Labute approximate surface area is 384 Å². The van der Waals surface area contributed by atoms with E-state index in [-0.39, 0.29) is 51.1 Å². The molecule has 332 valence electrons. The zero-order valence-electron chi connectivity index (χ0n) is 35.2. The van der Waals surface area contributed by atoms with Crippen molar-refractivity contribution in [1.82, 2.24) is 24.5 Å². The fourth-order valence-corrected chi connectivity index (χ4v) is 6.84. The first-order valence-electron chi connectivity index (χ1n) is 20.1. The van der Waals surface area contributed by atoms with Crippen LogP contribution >= 0.6 is 0 Å². The van der Waals surface area contributed by atoms with Gasteiger partial charge in [0.1, 0.15) is 11.4 Å². The molecule has 3 heterocycles. The Hall–Kier alpha value is -10.4. The lowest BCUT2D eigenvalue weighted by Crippen LogP contribution is -2.19. The number of amides is 4. The maximum atomic E-state index is 13.0. The van der Waals surface area contributed by atoms with Crippen LogP contribution in [-0.4, -0.2) is 58.9 Å². The van der Waals surface area contributed by atoms with Crippen LogP contribution in [0.5, 0.6) is 11.5 Å². The van der Waals surface area contributed by atoms with E-state index in [4.69, 9.17) is 18.0 Å². The number of nitrogens with two attached hydrogens (primary N) is 2. The van der Waals surface area contributed by atoms with Crippen LogP contribution in [0.25, 0.3) is 37.9 Å². The minimum absolute atomic E-state index is 0.0497. The Morgan fingerprint density at radius 3 is 1.96 bits per heavy atom. The van der Waals surface area contributed by atoms with Gasteiger partial charge in [-0.05, 0) is 77.5 Å². The normalized spacial score (nSPS) is 11.0. The van der Waals surface area contributed by atoms with Crippen LogP contribution in [0.4, 0.5) is 44.9 Å². The second kappa shape index (κ2) is 19.5. The van der Waals surface area contributed by atoms with Gasteiger partial charge in [0.05, 0.1) is 41.3 Å². The zero-order chi connectivity index (χ0) is 47.7. The van der Waals surface area contributed by atoms with E-state index in [2.05, 4.69) is 51.1 Å². The Morgan fingerprint density at radius 2 is 1.28 bits per heavy atom. The number of phenols is 2. The van der Waals surface area contributed by atoms with Gasteiger partial charge in [0, 0.05) is 28.3 Å². The number of rotatable bonds is 11. The number of nitrogens with zero attached hydrogens (tertiary/aromatic N) is 10. The average Bonchev–Trinajstić information content (AvgIpc) is 3.97. The molecule has 0 unspecified atom stereocenters. The molecular formula is C48H34N14O6. The Balaban J connectivity index is 0.000000184. The van der Waals surface area contributed by atoms with E-state index in [1.807, 2.05) is 48.5 Å². The second-order valence-electron chi connectivity index (χ2n) is 14.3. The molecule has 0 atom stereocenters. The molecule has 20 nitrogen and oxygen atoms in total. The van der Waals surface area contributed by atoms with Crippen LogP contribution < -0.4 is 22.1 Å². The van der Waals surface area contributed by atoms with Crippen molar-refractivity contribution in [2.45, 2.75) is 0 Å². The highest BCUT2D eigenvalue weighted by Gasteiger charge is 2.21. The molecule has 4 amide bonds. The van der Waals surface area contributed by atoms with Gasteiger partial charge in [0.15, 0.2) is 35.2 Å². The molecule has 8 N–H and O–H groups in total. The topological polar surface area (TPSA) is 287 Å². The minimum Gasteiger partial charge on any atom is -0.505 e. The number of carbonyl (C=O) groups is 4. The first-order chi connectivity index (χ1) is 33.0. The molecule has 0 aliphatic heterocycles. The lowest BCUT2D eigenvalue weighted by molar-refractivity contribution is 0.0994. The van der Waals surface area contributed by atoms with E-state index in [9.17, 15) is 29.4 Å². The number of azo groups is 2. The van der Waals surface area contributed by atoms with Crippen LogP contribution in [0.3, 0.4) is 0 Å². The van der Waals surface area contributed by atoms with Crippen molar-refractivity contribution in [2.75, 3.05) is 10.6 Å². The summed E-state index contributed by atoms with van der Waals surface area (Å²) < 4.78 is 2.81. The SMILES string of the molecule is O=Cc1cnn(-c2ccccc2)c1N=Nc1c(O)c(C(=O)Nc2ccccc2)cc2ccccc12.[C-]#[N+]c1cnn(-c2ccccn2)c1N=Nc1c(O)c(C(N)=O)cc2cc(NC(N)=O)ccc12. The fraction of sp³-hybridized carbons (Fsp3) is 0. The molecule has 0 saturated heterocycles. The number of carbonyl (C=O) groups excluding carboxylic acids is 4. The highest BCUT2D eigenvalue weighted by molar-refractivity contribution is 6.12. The third-order valence-electron chi connectivity index (χ3n) is 9.99. The molecule has 9 aromatic rings. The quantitative estimate of drug-likeness (QED) is 0.0408. The standard InChI is InChI=1S/C27H19N5O3.C21H15N9O3/c33-17-19-16-28-32(21-12-5-2-6-13-21)26(19)31-30-24-22-14-8-7-9-18(22)15-23(25(24)34)27(35)29-20-10-3-1-4-11-20;1-24-15-10-26-30(16-4-2-3-7-25-16)20(15)29-28-17-13-6-5-12(27-21(23)33)8-11(13)9-14(18(17)31)19(22)32/h1-17,34H,(H,29,35);2-10,31H,(H2,22,32)(H3,23,27,33). The van der Waals surface area contributed by atoms with Crippen LogP contribution in [0.15, 0.2) is 173 Å². The van der Waals surface area contributed by atoms with Crippen molar-refractivity contribution in [3.05, 3.63) is 180 Å². The van der Waals surface area contributed by atoms with Crippen molar-refractivity contribution in [2.24, 2.45) is 31.9 Å². The number of para-hydroxylation sites is 2. The van der Waals surface area contributed by atoms with Gasteiger partial charge in [-0.2, -0.15) is 10.2 Å². The van der Waals surface area contributed by atoms with Gasteiger partial charge in [0.2, 0.25) is 0 Å². The number of phenolic OH excluding ortho intramolecular Hbond substituents is 1. The largest absolute Gasteiger partial charge is 0.505 e. The van der Waals surface area contributed by atoms with Gasteiger partial charge in [-0.3, -0.25) is 14.4 Å². The summed E-state index contributed by atoms with van der Waals surface area (Å²) in [5, 5.41) is 54.3. The number of aromatic nitrogens is 5. The number of nitrogens with one attached hydrogen (secondary N) is 2. The molecule has 9 rings (SSSR count). The molecule has 0 fully saturated rings. The predicted octanol–water partition coefficient (Wildman–Crippen LogP) is 9.89. The number of pyridine rings is 1. The molecule has 0 radical (unpaired) electrons. The monoisotopic (exact) mass is 902 g/mol. The van der Waals surface area contributed by atoms with Crippen LogP contribution in [0, 0.1) is 6.57 Å². The number of primary amides is 2. The minimum atomic E-state index is -0.889. The molecule has 68 heavy (non-hydrogen) atoms. The van der Waals surface area contributed by atoms with E-state index in [1.54, 1.807) is 72.9 Å². The van der Waals surface area contributed by atoms with Gasteiger partial charge < -0.3 is 32.3 Å². The molecule has 3 aromatic heterocycles. The van der Waals surface area contributed by atoms with E-state index < -0.39 is 23.6 Å². The number of urea groups is 1. The summed E-state index contributed by atoms with van der Waals surface area (Å²) in [5.41, 5.74) is 12.5. The third-order valence-corrected chi connectivity index (χ3v) is 9.99. The molecular weight excluding hydrogens is 869 g/mol. The van der Waals surface area contributed by atoms with Gasteiger partial charge in [-0.25, -0.2) is 24.0 Å². The van der Waals surface area contributed by atoms with E-state index >= 15 is 0 Å². The summed E-state index contributed by atoms with van der Waals surface area (Å²) >= 11 is 0. The third kappa shape index (κ3) is 9.28. The first kappa shape index (κ1) is 44.2. The predicted molar refractivity (Wildman–Crippen MR) is 252 cm³/mol. The smallest absolute Gasteiger partial charge is 0.316 e. The Bertz CT molecular complexity index is 3500. The molecule has 0 aliphatic rings. The van der Waals surface area contributed by atoms with Gasteiger partial charge in [-0.15, -0.1) is 20.5 Å².